The molecular weight excluding hydrogens is 317 g/mol. The van der Waals surface area contributed by atoms with Gasteiger partial charge in [-0.2, -0.15) is 5.26 Å². The minimum atomic E-state index is -0.977. The average Bonchev–Trinajstić information content (AvgIpc) is 3.08. The van der Waals surface area contributed by atoms with Crippen molar-refractivity contribution >= 4 is 12.7 Å². The molecule has 1 N–H and O–H groups in total. The van der Waals surface area contributed by atoms with Gasteiger partial charge in [0.25, 0.3) is 0 Å². The van der Waals surface area contributed by atoms with E-state index < -0.39 is 18.6 Å². The van der Waals surface area contributed by atoms with Crippen molar-refractivity contribution < 1.29 is 19.2 Å². The first-order valence-electron chi connectivity index (χ1n) is 8.52. The SMILES string of the molecule is CCOC1(C2COB(O)C2)C(OC)=CC=C(c2ccccc2)[C@H]1C#N. The maximum atomic E-state index is 10.1. The predicted molar refractivity (Wildman–Crippen MR) is 95.2 cm³/mol. The Balaban J connectivity index is 2.13. The number of ether oxygens (including phenoxy) is 2. The van der Waals surface area contributed by atoms with Crippen molar-refractivity contribution in [2.45, 2.75) is 18.8 Å². The highest BCUT2D eigenvalue weighted by molar-refractivity contribution is 6.43. The van der Waals surface area contributed by atoms with Crippen LogP contribution < -0.4 is 0 Å². The lowest BCUT2D eigenvalue weighted by Gasteiger charge is -2.44. The highest BCUT2D eigenvalue weighted by Gasteiger charge is 2.56. The topological polar surface area (TPSA) is 71.7 Å². The number of hydrogen-bond donors (Lipinski definition) is 1. The Bertz CT molecular complexity index is 712. The van der Waals surface area contributed by atoms with Gasteiger partial charge in [-0.3, -0.25) is 0 Å². The number of nitrogens with zero attached hydrogens (tertiary/aromatic N) is 1. The second-order valence-electron chi connectivity index (χ2n) is 6.23. The molecule has 1 saturated heterocycles. The maximum Gasteiger partial charge on any atom is 0.454 e. The van der Waals surface area contributed by atoms with Crippen LogP contribution in [0.1, 0.15) is 12.5 Å². The minimum absolute atomic E-state index is 0.175. The molecule has 0 bridgehead atoms. The molecule has 25 heavy (non-hydrogen) atoms. The van der Waals surface area contributed by atoms with Crippen LogP contribution in [0.5, 0.6) is 0 Å². The van der Waals surface area contributed by atoms with E-state index in [-0.39, 0.29) is 5.92 Å². The number of benzene rings is 1. The van der Waals surface area contributed by atoms with Crippen molar-refractivity contribution in [3.63, 3.8) is 0 Å². The molecule has 1 aliphatic heterocycles. The molecule has 0 aromatic heterocycles. The molecule has 0 spiro atoms. The van der Waals surface area contributed by atoms with Gasteiger partial charge in [0.1, 0.15) is 17.3 Å². The molecule has 0 saturated carbocycles. The predicted octanol–water partition coefficient (Wildman–Crippen LogP) is 2.66. The summed E-state index contributed by atoms with van der Waals surface area (Å²) in [4.78, 5) is 0. The van der Waals surface area contributed by atoms with Crippen molar-refractivity contribution in [1.29, 1.82) is 5.26 Å². The molecule has 5 nitrogen and oxygen atoms in total. The Kier molecular flexibility index (Phi) is 5.29. The number of allylic oxidation sites excluding steroid dienone is 2. The first-order chi connectivity index (χ1) is 12.2. The van der Waals surface area contributed by atoms with Gasteiger partial charge in [-0.1, -0.05) is 36.4 Å². The third kappa shape index (κ3) is 3.00. The largest absolute Gasteiger partial charge is 0.498 e. The first-order valence-corrected chi connectivity index (χ1v) is 8.52. The fourth-order valence-electron chi connectivity index (χ4n) is 3.91. The molecule has 130 valence electrons. The van der Waals surface area contributed by atoms with E-state index in [1.807, 2.05) is 49.4 Å². The normalized spacial score (nSPS) is 29.0. The van der Waals surface area contributed by atoms with Gasteiger partial charge in [0.05, 0.1) is 13.2 Å². The van der Waals surface area contributed by atoms with E-state index in [4.69, 9.17) is 14.1 Å². The van der Waals surface area contributed by atoms with Crippen molar-refractivity contribution in [3.05, 3.63) is 53.8 Å². The van der Waals surface area contributed by atoms with E-state index in [0.29, 0.717) is 25.3 Å². The summed E-state index contributed by atoms with van der Waals surface area (Å²) in [5.41, 5.74) is 0.887. The molecular formula is C19H22BNO4. The number of methoxy groups -OCH3 is 1. The third-order valence-electron chi connectivity index (χ3n) is 4.96. The second-order valence-corrected chi connectivity index (χ2v) is 6.23. The van der Waals surface area contributed by atoms with Crippen molar-refractivity contribution in [2.75, 3.05) is 20.3 Å². The second kappa shape index (κ2) is 7.44. The summed E-state index contributed by atoms with van der Waals surface area (Å²) in [5.74, 6) is -0.136. The van der Waals surface area contributed by atoms with Crippen LogP contribution in [-0.4, -0.2) is 38.1 Å². The minimum Gasteiger partial charge on any atom is -0.498 e. The van der Waals surface area contributed by atoms with Crippen LogP contribution in [0.3, 0.4) is 0 Å². The number of rotatable bonds is 5. The average molecular weight is 339 g/mol. The molecule has 1 aromatic carbocycles. The monoisotopic (exact) mass is 339 g/mol. The van der Waals surface area contributed by atoms with E-state index >= 15 is 0 Å². The number of nitriles is 1. The van der Waals surface area contributed by atoms with Crippen molar-refractivity contribution in [3.8, 4) is 6.07 Å². The molecule has 1 fully saturated rings. The van der Waals surface area contributed by atoms with Gasteiger partial charge in [-0.25, -0.2) is 0 Å². The molecule has 1 heterocycles. The van der Waals surface area contributed by atoms with E-state index in [2.05, 4.69) is 6.07 Å². The fraction of sp³-hybridized carbons (Fsp3) is 0.421. The van der Waals surface area contributed by atoms with Crippen molar-refractivity contribution in [1.82, 2.24) is 0 Å². The zero-order chi connectivity index (χ0) is 17.9. The molecule has 1 aromatic rings. The molecule has 1 aliphatic carbocycles. The highest BCUT2D eigenvalue weighted by Crippen LogP contribution is 2.49. The molecule has 6 heteroatoms. The summed E-state index contributed by atoms with van der Waals surface area (Å²) in [5, 5.41) is 19.9. The van der Waals surface area contributed by atoms with Crippen LogP contribution in [0.15, 0.2) is 48.2 Å². The van der Waals surface area contributed by atoms with E-state index in [1.54, 1.807) is 7.11 Å². The van der Waals surface area contributed by atoms with Gasteiger partial charge in [0, 0.05) is 19.1 Å². The summed E-state index contributed by atoms with van der Waals surface area (Å²) < 4.78 is 17.2. The van der Waals surface area contributed by atoms with Crippen LogP contribution >= 0.6 is 0 Å². The lowest BCUT2D eigenvalue weighted by atomic mass is 9.64. The van der Waals surface area contributed by atoms with Gasteiger partial charge in [-0.15, -0.1) is 0 Å². The Morgan fingerprint density at radius 2 is 2.12 bits per heavy atom. The Hall–Kier alpha value is -2.07. The summed E-state index contributed by atoms with van der Waals surface area (Å²) in [7, 11) is 0.743. The van der Waals surface area contributed by atoms with Crippen LogP contribution in [0.4, 0.5) is 0 Å². The third-order valence-corrected chi connectivity index (χ3v) is 4.96. The van der Waals surface area contributed by atoms with Crippen molar-refractivity contribution in [2.24, 2.45) is 11.8 Å². The van der Waals surface area contributed by atoms with Crippen LogP contribution in [0.2, 0.25) is 6.32 Å². The van der Waals surface area contributed by atoms with Crippen LogP contribution in [0.25, 0.3) is 5.57 Å². The maximum absolute atomic E-state index is 10.1. The summed E-state index contributed by atoms with van der Waals surface area (Å²) in [6.45, 7) is 2.64. The van der Waals surface area contributed by atoms with Gasteiger partial charge in [-0.05, 0) is 30.5 Å². The number of hydrogen-bond acceptors (Lipinski definition) is 5. The molecule has 2 unspecified atom stereocenters. The van der Waals surface area contributed by atoms with Gasteiger partial charge < -0.3 is 19.2 Å². The van der Waals surface area contributed by atoms with Gasteiger partial charge >= 0.3 is 7.12 Å². The van der Waals surface area contributed by atoms with E-state index in [1.165, 1.54) is 0 Å². The molecule has 3 atom stereocenters. The van der Waals surface area contributed by atoms with Gasteiger partial charge in [0.2, 0.25) is 0 Å². The Morgan fingerprint density at radius 3 is 2.68 bits per heavy atom. The van der Waals surface area contributed by atoms with E-state index in [0.717, 1.165) is 11.1 Å². The first kappa shape index (κ1) is 17.7. The lowest BCUT2D eigenvalue weighted by Crippen LogP contribution is -2.51. The van der Waals surface area contributed by atoms with Crippen LogP contribution in [0, 0.1) is 23.2 Å². The molecule has 0 amide bonds. The summed E-state index contributed by atoms with van der Waals surface area (Å²) >= 11 is 0. The fourth-order valence-corrected chi connectivity index (χ4v) is 3.91. The zero-order valence-corrected chi connectivity index (χ0v) is 14.5. The Morgan fingerprint density at radius 1 is 1.36 bits per heavy atom. The molecule has 3 rings (SSSR count). The lowest BCUT2D eigenvalue weighted by molar-refractivity contribution is -0.0965. The molecule has 2 aliphatic rings. The van der Waals surface area contributed by atoms with E-state index in [9.17, 15) is 10.3 Å². The van der Waals surface area contributed by atoms with Gasteiger partial charge in [0.15, 0.2) is 0 Å². The highest BCUT2D eigenvalue weighted by atomic mass is 16.6. The zero-order valence-electron chi connectivity index (χ0n) is 14.5. The Labute approximate surface area is 148 Å². The standard InChI is InChI=1S/C19H22BNO4/c1-3-24-19(15-11-20(22)25-13-15)17(12-21)16(9-10-18(19)23-2)14-7-5-4-6-8-14/h4-10,15,17,22H,3,11,13H2,1-2H3/t15?,17-,19?/m1/s1. The molecule has 0 radical (unpaired) electrons. The quantitative estimate of drug-likeness (QED) is 0.835. The van der Waals surface area contributed by atoms with Crippen LogP contribution in [-0.2, 0) is 14.1 Å². The smallest absolute Gasteiger partial charge is 0.454 e. The summed E-state index contributed by atoms with van der Waals surface area (Å²) in [6, 6.07) is 12.2. The summed E-state index contributed by atoms with van der Waals surface area (Å²) in [6.07, 6.45) is 4.20.